The third-order valence-corrected chi connectivity index (χ3v) is 10.5. The fourth-order valence-electron chi connectivity index (χ4n) is 7.28. The molecule has 4 aromatic rings. The van der Waals surface area contributed by atoms with Gasteiger partial charge in [-0.05, 0) is 90.6 Å². The van der Waals surface area contributed by atoms with Crippen molar-refractivity contribution in [2.45, 2.75) is 64.0 Å². The zero-order valence-corrected chi connectivity index (χ0v) is 28.0. The van der Waals surface area contributed by atoms with E-state index in [-0.39, 0.29) is 37.7 Å². The number of aliphatic hydroxyl groups is 1. The van der Waals surface area contributed by atoms with Gasteiger partial charge in [-0.2, -0.15) is 5.10 Å². The van der Waals surface area contributed by atoms with Crippen LogP contribution in [0.3, 0.4) is 0 Å². The molecule has 0 unspecified atom stereocenters. The second-order valence-corrected chi connectivity index (χ2v) is 13.8. The molecular formula is C39H42N4O6. The highest BCUT2D eigenvalue weighted by Gasteiger charge is 2.47. The topological polar surface area (TPSA) is 125 Å². The van der Waals surface area contributed by atoms with E-state index in [1.807, 2.05) is 58.4 Å². The van der Waals surface area contributed by atoms with Crippen LogP contribution in [-0.2, 0) is 16.1 Å². The third kappa shape index (κ3) is 6.57. The van der Waals surface area contributed by atoms with E-state index < -0.39 is 11.6 Å². The van der Waals surface area contributed by atoms with Gasteiger partial charge in [-0.25, -0.2) is 4.79 Å². The molecular weight excluding hydrogens is 620 g/mol. The van der Waals surface area contributed by atoms with Crippen molar-refractivity contribution in [2.75, 3.05) is 31.1 Å². The van der Waals surface area contributed by atoms with Gasteiger partial charge in [0, 0.05) is 61.9 Å². The van der Waals surface area contributed by atoms with Crippen molar-refractivity contribution in [1.29, 1.82) is 0 Å². The number of anilines is 1. The highest BCUT2D eigenvalue weighted by molar-refractivity contribution is 5.97. The van der Waals surface area contributed by atoms with Gasteiger partial charge < -0.3 is 24.7 Å². The maximum Gasteiger partial charge on any atom is 0.335 e. The van der Waals surface area contributed by atoms with Crippen LogP contribution >= 0.6 is 0 Å². The molecule has 2 fully saturated rings. The number of carboxylic acid groups (broad SMARTS) is 1. The van der Waals surface area contributed by atoms with Crippen molar-refractivity contribution in [3.8, 4) is 16.9 Å². The number of carbonyl (C=O) groups is 3. The second kappa shape index (κ2) is 13.2. The van der Waals surface area contributed by atoms with Crippen LogP contribution in [0.15, 0.2) is 73.1 Å². The third-order valence-electron chi connectivity index (χ3n) is 10.5. The fraction of sp³-hybridized carbons (Fsp3) is 0.385. The first-order valence-electron chi connectivity index (χ1n) is 17.1. The molecule has 254 valence electrons. The van der Waals surface area contributed by atoms with Crippen molar-refractivity contribution in [1.82, 2.24) is 14.7 Å². The van der Waals surface area contributed by atoms with Gasteiger partial charge in [0.1, 0.15) is 5.75 Å². The van der Waals surface area contributed by atoms with Gasteiger partial charge in [0.25, 0.3) is 5.91 Å². The molecule has 7 rings (SSSR count). The lowest BCUT2D eigenvalue weighted by Gasteiger charge is -2.35. The van der Waals surface area contributed by atoms with Gasteiger partial charge in [-0.1, -0.05) is 36.4 Å². The van der Waals surface area contributed by atoms with Gasteiger partial charge in [0.2, 0.25) is 5.91 Å². The van der Waals surface area contributed by atoms with E-state index in [9.17, 15) is 24.6 Å². The molecule has 49 heavy (non-hydrogen) atoms. The monoisotopic (exact) mass is 662 g/mol. The first-order valence-corrected chi connectivity index (χ1v) is 17.1. The van der Waals surface area contributed by atoms with Gasteiger partial charge >= 0.3 is 5.97 Å². The number of aryl methyl sites for hydroxylation is 1. The lowest BCUT2D eigenvalue weighted by atomic mass is 9.91. The standard InChI is InChI=1S/C39H42N4O6/c1-25-7-3-12-34(26(25)2)49-18-6-13-35(44)43-24-29-20-32(29)36-31(10-5-11-33(36)43)30-21-40-42(23-30)22-27-8-4-9-28(19-27)37(45)41-16-14-39(48,15-17-41)38(46)47/h3-5,7-12,19,21,23,29,32,48H,6,13-18,20,22,24H2,1-2H3,(H,46,47)/t29-,32-/m0/s1. The smallest absolute Gasteiger partial charge is 0.335 e. The summed E-state index contributed by atoms with van der Waals surface area (Å²) in [6.45, 7) is 6.21. The van der Waals surface area contributed by atoms with Gasteiger partial charge in [0.05, 0.1) is 19.3 Å². The molecule has 1 saturated heterocycles. The predicted molar refractivity (Wildman–Crippen MR) is 185 cm³/mol. The number of amides is 2. The molecule has 2 N–H and O–H groups in total. The second-order valence-electron chi connectivity index (χ2n) is 13.8. The largest absolute Gasteiger partial charge is 0.493 e. The van der Waals surface area contributed by atoms with Crippen LogP contribution in [0.25, 0.3) is 11.1 Å². The number of benzene rings is 3. The molecule has 3 aliphatic rings. The zero-order valence-electron chi connectivity index (χ0n) is 28.0. The highest BCUT2D eigenvalue weighted by atomic mass is 16.5. The number of likely N-dealkylation sites (tertiary alicyclic amines) is 1. The number of piperidine rings is 1. The average molecular weight is 663 g/mol. The minimum atomic E-state index is -1.78. The lowest BCUT2D eigenvalue weighted by Crippen LogP contribution is -2.50. The van der Waals surface area contributed by atoms with Crippen molar-refractivity contribution in [3.63, 3.8) is 0 Å². The normalized spacial score (nSPS) is 19.2. The van der Waals surface area contributed by atoms with Crippen LogP contribution in [0.1, 0.15) is 70.6 Å². The Bertz CT molecular complexity index is 1910. The van der Waals surface area contributed by atoms with E-state index in [4.69, 9.17) is 4.74 Å². The molecule has 2 aliphatic heterocycles. The van der Waals surface area contributed by atoms with Crippen LogP contribution in [0.5, 0.6) is 5.75 Å². The number of aliphatic carboxylic acids is 1. The maximum atomic E-state index is 13.5. The molecule has 1 aromatic heterocycles. The summed E-state index contributed by atoms with van der Waals surface area (Å²) in [6.07, 6.45) is 6.04. The minimum absolute atomic E-state index is 0.00373. The number of ether oxygens (including phenoxy) is 1. The Morgan fingerprint density at radius 2 is 1.80 bits per heavy atom. The lowest BCUT2D eigenvalue weighted by molar-refractivity contribution is -0.162. The molecule has 1 saturated carbocycles. The number of aromatic nitrogens is 2. The van der Waals surface area contributed by atoms with Crippen LogP contribution in [0.4, 0.5) is 5.69 Å². The van der Waals surface area contributed by atoms with E-state index in [2.05, 4.69) is 37.1 Å². The van der Waals surface area contributed by atoms with E-state index in [1.165, 1.54) is 11.1 Å². The van der Waals surface area contributed by atoms with Crippen molar-refractivity contribution in [2.24, 2.45) is 5.92 Å². The summed E-state index contributed by atoms with van der Waals surface area (Å²) in [4.78, 5) is 41.7. The number of carboxylic acids is 1. The number of hydrogen-bond donors (Lipinski definition) is 2. The van der Waals surface area contributed by atoms with Crippen LogP contribution in [-0.4, -0.2) is 74.5 Å². The van der Waals surface area contributed by atoms with E-state index in [0.717, 1.165) is 46.7 Å². The zero-order chi connectivity index (χ0) is 34.3. The Labute approximate surface area is 285 Å². The molecule has 10 heteroatoms. The summed E-state index contributed by atoms with van der Waals surface area (Å²) in [6, 6.07) is 19.6. The maximum absolute atomic E-state index is 13.5. The Kier molecular flexibility index (Phi) is 8.75. The number of rotatable bonds is 10. The molecule has 0 radical (unpaired) electrons. The molecule has 0 bridgehead atoms. The van der Waals surface area contributed by atoms with Gasteiger partial charge in [-0.3, -0.25) is 14.3 Å². The summed E-state index contributed by atoms with van der Waals surface area (Å²) in [5.41, 5.74) is 6.28. The fourth-order valence-corrected chi connectivity index (χ4v) is 7.28. The first kappa shape index (κ1) is 32.6. The number of hydrogen-bond acceptors (Lipinski definition) is 6. The number of nitrogens with zero attached hydrogens (tertiary/aromatic N) is 4. The Hall–Kier alpha value is -4.96. The molecule has 1 aliphatic carbocycles. The highest BCUT2D eigenvalue weighted by Crippen LogP contribution is 2.57. The summed E-state index contributed by atoms with van der Waals surface area (Å²) < 4.78 is 7.87. The summed E-state index contributed by atoms with van der Waals surface area (Å²) >= 11 is 0. The molecule has 3 heterocycles. The quantitative estimate of drug-likeness (QED) is 0.213. The Morgan fingerprint density at radius 3 is 2.59 bits per heavy atom. The molecule has 3 aromatic carbocycles. The summed E-state index contributed by atoms with van der Waals surface area (Å²) in [7, 11) is 0. The SMILES string of the molecule is Cc1cccc(OCCCC(=O)N2C[C@@H]3C[C@@H]3c3c(-c4cnn(Cc5cccc(C(=O)N6CCC(O)(C(=O)O)CC6)c5)c4)cccc32)c1C. The summed E-state index contributed by atoms with van der Waals surface area (Å²) in [5, 5.41) is 24.2. The van der Waals surface area contributed by atoms with Crippen molar-refractivity contribution in [3.05, 3.63) is 101 Å². The van der Waals surface area contributed by atoms with Crippen LogP contribution in [0.2, 0.25) is 0 Å². The molecule has 10 nitrogen and oxygen atoms in total. The van der Waals surface area contributed by atoms with Crippen LogP contribution < -0.4 is 9.64 Å². The Balaban J connectivity index is 1.01. The predicted octanol–water partition coefficient (Wildman–Crippen LogP) is 5.58. The Morgan fingerprint density at radius 1 is 1.02 bits per heavy atom. The first-order chi connectivity index (χ1) is 23.6. The van der Waals surface area contributed by atoms with Gasteiger partial charge in [-0.15, -0.1) is 0 Å². The van der Waals surface area contributed by atoms with Crippen LogP contribution in [0, 0.1) is 19.8 Å². The molecule has 0 spiro atoms. The molecule has 2 atom stereocenters. The van der Waals surface area contributed by atoms with Crippen molar-refractivity contribution < 1.29 is 29.3 Å². The van der Waals surface area contributed by atoms with Crippen molar-refractivity contribution >= 4 is 23.5 Å². The van der Waals surface area contributed by atoms with E-state index >= 15 is 0 Å². The average Bonchev–Trinajstić information content (AvgIpc) is 3.75. The van der Waals surface area contributed by atoms with E-state index in [1.54, 1.807) is 11.0 Å². The number of carbonyl (C=O) groups excluding carboxylic acids is 2. The minimum Gasteiger partial charge on any atom is -0.493 e. The summed E-state index contributed by atoms with van der Waals surface area (Å²) in [5.74, 6) is 0.481. The number of fused-ring (bicyclic) bond motifs is 3. The van der Waals surface area contributed by atoms with E-state index in [0.29, 0.717) is 43.4 Å². The molecule has 2 amide bonds. The van der Waals surface area contributed by atoms with Gasteiger partial charge in [0.15, 0.2) is 5.60 Å².